The van der Waals surface area contributed by atoms with Crippen molar-refractivity contribution in [3.8, 4) is 0 Å². The highest BCUT2D eigenvalue weighted by Gasteiger charge is 2.22. The number of ether oxygens (including phenoxy) is 1. The molecule has 0 amide bonds. The summed E-state index contributed by atoms with van der Waals surface area (Å²) in [5.74, 6) is 0.660. The van der Waals surface area contributed by atoms with E-state index in [1.54, 1.807) is 0 Å². The molecule has 1 aliphatic carbocycles. The van der Waals surface area contributed by atoms with E-state index in [0.29, 0.717) is 19.1 Å². The third kappa shape index (κ3) is 3.95. The lowest BCUT2D eigenvalue weighted by molar-refractivity contribution is 0.000858. The van der Waals surface area contributed by atoms with Crippen molar-refractivity contribution in [3.05, 3.63) is 0 Å². The molecular formula is C11H23NO2. The van der Waals surface area contributed by atoms with Crippen LogP contribution in [0.2, 0.25) is 0 Å². The van der Waals surface area contributed by atoms with Gasteiger partial charge in [0.1, 0.15) is 0 Å². The van der Waals surface area contributed by atoms with Crippen molar-refractivity contribution >= 4 is 0 Å². The summed E-state index contributed by atoms with van der Waals surface area (Å²) in [5, 5.41) is 8.65. The predicted octanol–water partition coefficient (Wildman–Crippen LogP) is 1.29. The molecule has 0 aromatic carbocycles. The van der Waals surface area contributed by atoms with Gasteiger partial charge in [0.05, 0.1) is 6.10 Å². The molecule has 1 saturated carbocycles. The van der Waals surface area contributed by atoms with Gasteiger partial charge in [0.2, 0.25) is 0 Å². The summed E-state index contributed by atoms with van der Waals surface area (Å²) < 4.78 is 5.69. The predicted molar refractivity (Wildman–Crippen MR) is 57.1 cm³/mol. The van der Waals surface area contributed by atoms with Crippen molar-refractivity contribution in [1.29, 1.82) is 0 Å². The van der Waals surface area contributed by atoms with E-state index >= 15 is 0 Å². The zero-order valence-electron chi connectivity index (χ0n) is 8.95. The maximum absolute atomic E-state index is 8.65. The Balaban J connectivity index is 2.21. The summed E-state index contributed by atoms with van der Waals surface area (Å²) in [5.41, 5.74) is 5.70. The Morgan fingerprint density at radius 3 is 2.57 bits per heavy atom. The minimum absolute atomic E-state index is 0.210. The summed E-state index contributed by atoms with van der Waals surface area (Å²) >= 11 is 0. The molecule has 0 heterocycles. The van der Waals surface area contributed by atoms with Crippen LogP contribution in [-0.4, -0.2) is 31.0 Å². The van der Waals surface area contributed by atoms with Crippen LogP contribution in [-0.2, 0) is 4.74 Å². The van der Waals surface area contributed by atoms with E-state index in [1.165, 1.54) is 32.1 Å². The Hall–Kier alpha value is -0.120. The third-order valence-corrected chi connectivity index (χ3v) is 3.04. The van der Waals surface area contributed by atoms with Gasteiger partial charge < -0.3 is 15.6 Å². The van der Waals surface area contributed by atoms with E-state index in [0.717, 1.165) is 6.42 Å². The first-order chi connectivity index (χ1) is 6.88. The summed E-state index contributed by atoms with van der Waals surface area (Å²) in [4.78, 5) is 0. The number of rotatable bonds is 6. The molecule has 0 spiro atoms. The average Bonchev–Trinajstić information content (AvgIpc) is 2.26. The van der Waals surface area contributed by atoms with Gasteiger partial charge in [0.15, 0.2) is 0 Å². The zero-order chi connectivity index (χ0) is 10.2. The molecule has 0 bridgehead atoms. The molecule has 3 heteroatoms. The second-order valence-electron chi connectivity index (χ2n) is 4.12. The van der Waals surface area contributed by atoms with Gasteiger partial charge in [-0.15, -0.1) is 0 Å². The summed E-state index contributed by atoms with van der Waals surface area (Å²) in [6, 6.07) is 0. The second-order valence-corrected chi connectivity index (χ2v) is 4.12. The van der Waals surface area contributed by atoms with Crippen LogP contribution >= 0.6 is 0 Å². The fraction of sp³-hybridized carbons (Fsp3) is 1.00. The van der Waals surface area contributed by atoms with E-state index in [2.05, 4.69) is 0 Å². The zero-order valence-corrected chi connectivity index (χ0v) is 8.95. The minimum Gasteiger partial charge on any atom is -0.396 e. The molecule has 3 N–H and O–H groups in total. The second kappa shape index (κ2) is 7.21. The fourth-order valence-corrected chi connectivity index (χ4v) is 2.20. The van der Waals surface area contributed by atoms with Gasteiger partial charge in [-0.05, 0) is 25.2 Å². The lowest BCUT2D eigenvalue weighted by atomic mass is 9.85. The highest BCUT2D eigenvalue weighted by molar-refractivity contribution is 4.75. The number of aliphatic hydroxyl groups excluding tert-OH is 1. The van der Waals surface area contributed by atoms with Crippen molar-refractivity contribution < 1.29 is 9.84 Å². The van der Waals surface area contributed by atoms with E-state index in [1.807, 2.05) is 0 Å². The van der Waals surface area contributed by atoms with Crippen LogP contribution < -0.4 is 5.73 Å². The molecule has 1 unspecified atom stereocenters. The summed E-state index contributed by atoms with van der Waals surface area (Å²) in [7, 11) is 0. The van der Waals surface area contributed by atoms with Crippen LogP contribution in [0.15, 0.2) is 0 Å². The van der Waals surface area contributed by atoms with Crippen LogP contribution in [0.4, 0.5) is 0 Å². The molecule has 84 valence electrons. The quantitative estimate of drug-likeness (QED) is 0.637. The molecule has 1 atom stereocenters. The normalized spacial score (nSPS) is 21.0. The molecule has 1 rings (SSSR count). The topological polar surface area (TPSA) is 55.5 Å². The van der Waals surface area contributed by atoms with Crippen molar-refractivity contribution in [2.24, 2.45) is 11.7 Å². The first kappa shape index (κ1) is 12.0. The summed E-state index contributed by atoms with van der Waals surface area (Å²) in [6.45, 7) is 1.48. The van der Waals surface area contributed by atoms with Crippen LogP contribution in [0.25, 0.3) is 0 Å². The monoisotopic (exact) mass is 201 g/mol. The molecule has 0 saturated heterocycles. The molecule has 0 aliphatic heterocycles. The van der Waals surface area contributed by atoms with Crippen molar-refractivity contribution in [2.75, 3.05) is 19.8 Å². The van der Waals surface area contributed by atoms with Gasteiger partial charge in [0, 0.05) is 19.8 Å². The molecule has 0 aromatic rings. The van der Waals surface area contributed by atoms with Gasteiger partial charge in [-0.2, -0.15) is 0 Å². The number of nitrogens with two attached hydrogens (primary N) is 1. The molecule has 14 heavy (non-hydrogen) atoms. The van der Waals surface area contributed by atoms with E-state index in [9.17, 15) is 0 Å². The molecule has 3 nitrogen and oxygen atoms in total. The van der Waals surface area contributed by atoms with Crippen LogP contribution in [0.1, 0.15) is 38.5 Å². The van der Waals surface area contributed by atoms with Crippen molar-refractivity contribution in [2.45, 2.75) is 44.6 Å². The Morgan fingerprint density at radius 1 is 1.29 bits per heavy atom. The highest BCUT2D eigenvalue weighted by atomic mass is 16.5. The molecular weight excluding hydrogens is 178 g/mol. The average molecular weight is 201 g/mol. The first-order valence-electron chi connectivity index (χ1n) is 5.81. The standard InChI is InChI=1S/C11H23NO2/c12-9-11(14-8-4-7-13)10-5-2-1-3-6-10/h10-11,13H,1-9,12H2. The van der Waals surface area contributed by atoms with E-state index in [4.69, 9.17) is 15.6 Å². The Kier molecular flexibility index (Phi) is 6.15. The molecule has 1 fully saturated rings. The largest absolute Gasteiger partial charge is 0.396 e. The lowest BCUT2D eigenvalue weighted by Crippen LogP contribution is -2.33. The summed E-state index contributed by atoms with van der Waals surface area (Å²) in [6.07, 6.45) is 7.49. The maximum Gasteiger partial charge on any atom is 0.0725 e. The molecule has 1 aliphatic rings. The Morgan fingerprint density at radius 2 is 2.00 bits per heavy atom. The number of hydrogen-bond donors (Lipinski definition) is 2. The van der Waals surface area contributed by atoms with Gasteiger partial charge >= 0.3 is 0 Å². The first-order valence-corrected chi connectivity index (χ1v) is 5.81. The van der Waals surface area contributed by atoms with Gasteiger partial charge in [-0.25, -0.2) is 0 Å². The number of hydrogen-bond acceptors (Lipinski definition) is 3. The lowest BCUT2D eigenvalue weighted by Gasteiger charge is -2.29. The fourth-order valence-electron chi connectivity index (χ4n) is 2.20. The Labute approximate surface area is 86.6 Å². The SMILES string of the molecule is NCC(OCCCO)C1CCCCC1. The van der Waals surface area contributed by atoms with Crippen molar-refractivity contribution in [1.82, 2.24) is 0 Å². The van der Waals surface area contributed by atoms with Gasteiger partial charge in [-0.1, -0.05) is 19.3 Å². The van der Waals surface area contributed by atoms with Crippen LogP contribution in [0.3, 0.4) is 0 Å². The maximum atomic E-state index is 8.65. The van der Waals surface area contributed by atoms with Crippen LogP contribution in [0, 0.1) is 5.92 Å². The highest BCUT2D eigenvalue weighted by Crippen LogP contribution is 2.27. The van der Waals surface area contributed by atoms with E-state index < -0.39 is 0 Å². The minimum atomic E-state index is 0.210. The third-order valence-electron chi connectivity index (χ3n) is 3.04. The van der Waals surface area contributed by atoms with E-state index in [-0.39, 0.29) is 12.7 Å². The number of aliphatic hydroxyl groups is 1. The molecule has 0 radical (unpaired) electrons. The van der Waals surface area contributed by atoms with Crippen LogP contribution in [0.5, 0.6) is 0 Å². The Bertz CT molecular complexity index is 135. The van der Waals surface area contributed by atoms with Gasteiger partial charge in [0.25, 0.3) is 0 Å². The smallest absolute Gasteiger partial charge is 0.0725 e. The molecule has 0 aromatic heterocycles. The van der Waals surface area contributed by atoms with Crippen molar-refractivity contribution in [3.63, 3.8) is 0 Å². The van der Waals surface area contributed by atoms with Gasteiger partial charge in [-0.3, -0.25) is 0 Å².